The lowest BCUT2D eigenvalue weighted by Crippen LogP contribution is -2.05. The van der Waals surface area contributed by atoms with Gasteiger partial charge >= 0.3 is 5.69 Å². The van der Waals surface area contributed by atoms with E-state index in [0.717, 1.165) is 6.07 Å². The number of nitro groups is 1. The number of nitrogens with zero attached hydrogens (tertiary/aromatic N) is 3. The molecule has 104 valence electrons. The minimum atomic E-state index is -0.644. The van der Waals surface area contributed by atoms with E-state index >= 15 is 0 Å². The smallest absolute Gasteiger partial charge is 0.316 e. The maximum Gasteiger partial charge on any atom is 0.316 e. The first-order valence-corrected chi connectivity index (χ1v) is 5.56. The summed E-state index contributed by atoms with van der Waals surface area (Å²) in [6.07, 6.45) is 0. The summed E-state index contributed by atoms with van der Waals surface area (Å²) in [5.41, 5.74) is 5.52. The first-order chi connectivity index (χ1) is 9.43. The number of anilines is 1. The van der Waals surface area contributed by atoms with E-state index in [1.807, 2.05) is 0 Å². The third kappa shape index (κ3) is 2.35. The molecular formula is C12H11FN4O3. The topological polar surface area (TPSA) is 104 Å². The number of methoxy groups -OCH3 is 1. The van der Waals surface area contributed by atoms with Gasteiger partial charge in [0.15, 0.2) is 17.3 Å². The molecule has 1 heterocycles. The number of benzene rings is 1. The second-order valence-electron chi connectivity index (χ2n) is 3.97. The van der Waals surface area contributed by atoms with Crippen LogP contribution >= 0.6 is 0 Å². The highest BCUT2D eigenvalue weighted by Gasteiger charge is 2.23. The molecule has 20 heavy (non-hydrogen) atoms. The van der Waals surface area contributed by atoms with Gasteiger partial charge in [0.2, 0.25) is 5.95 Å². The van der Waals surface area contributed by atoms with Gasteiger partial charge in [0.05, 0.1) is 12.0 Å². The molecule has 2 N–H and O–H groups in total. The van der Waals surface area contributed by atoms with Gasteiger partial charge in [-0.15, -0.1) is 0 Å². The molecule has 1 aromatic carbocycles. The Balaban J connectivity index is 2.68. The minimum Gasteiger partial charge on any atom is -0.494 e. The van der Waals surface area contributed by atoms with Crippen LogP contribution in [0.1, 0.15) is 5.69 Å². The predicted octanol–water partition coefficient (Wildman–Crippen LogP) is 2.09. The summed E-state index contributed by atoms with van der Waals surface area (Å²) in [4.78, 5) is 18.1. The van der Waals surface area contributed by atoms with Crippen molar-refractivity contribution in [3.63, 3.8) is 0 Å². The highest BCUT2D eigenvalue weighted by atomic mass is 19.1. The van der Waals surface area contributed by atoms with Crippen LogP contribution in [-0.4, -0.2) is 22.0 Å². The summed E-state index contributed by atoms with van der Waals surface area (Å²) in [7, 11) is 1.33. The van der Waals surface area contributed by atoms with E-state index in [-0.39, 0.29) is 34.3 Å². The Morgan fingerprint density at radius 3 is 2.65 bits per heavy atom. The van der Waals surface area contributed by atoms with Gasteiger partial charge in [-0.05, 0) is 25.1 Å². The number of nitrogen functional groups attached to an aromatic ring is 1. The van der Waals surface area contributed by atoms with Crippen LogP contribution in [0.5, 0.6) is 5.75 Å². The molecule has 0 saturated carbocycles. The number of aromatic nitrogens is 2. The normalized spacial score (nSPS) is 10.3. The molecule has 7 nitrogen and oxygen atoms in total. The predicted molar refractivity (Wildman–Crippen MR) is 69.8 cm³/mol. The van der Waals surface area contributed by atoms with Gasteiger partial charge in [0, 0.05) is 5.56 Å². The molecule has 0 atom stereocenters. The van der Waals surface area contributed by atoms with Gasteiger partial charge in [-0.3, -0.25) is 10.1 Å². The number of halogens is 1. The van der Waals surface area contributed by atoms with E-state index in [1.165, 1.54) is 26.2 Å². The van der Waals surface area contributed by atoms with Gasteiger partial charge in [-0.1, -0.05) is 0 Å². The largest absolute Gasteiger partial charge is 0.494 e. The fraction of sp³-hybridized carbons (Fsp3) is 0.167. The lowest BCUT2D eigenvalue weighted by atomic mass is 10.1. The van der Waals surface area contributed by atoms with Crippen molar-refractivity contribution in [2.45, 2.75) is 6.92 Å². The van der Waals surface area contributed by atoms with Gasteiger partial charge in [0.1, 0.15) is 5.69 Å². The molecular weight excluding hydrogens is 267 g/mol. The van der Waals surface area contributed by atoms with Crippen LogP contribution in [0.3, 0.4) is 0 Å². The molecule has 0 fully saturated rings. The van der Waals surface area contributed by atoms with Crippen molar-refractivity contribution in [1.82, 2.24) is 9.97 Å². The summed E-state index contributed by atoms with van der Waals surface area (Å²) in [6, 6.07) is 3.94. The number of hydrogen-bond acceptors (Lipinski definition) is 6. The van der Waals surface area contributed by atoms with Crippen LogP contribution in [0, 0.1) is 22.9 Å². The number of rotatable bonds is 3. The van der Waals surface area contributed by atoms with Crippen molar-refractivity contribution in [3.05, 3.63) is 39.8 Å². The van der Waals surface area contributed by atoms with E-state index in [0.29, 0.717) is 0 Å². The summed E-state index contributed by atoms with van der Waals surface area (Å²) in [5.74, 6) is -0.719. The van der Waals surface area contributed by atoms with Crippen LogP contribution in [0.2, 0.25) is 0 Å². The average Bonchev–Trinajstić information content (AvgIpc) is 2.37. The SMILES string of the molecule is COc1ccc(-c2nc(N)nc(C)c2[N+](=O)[O-])cc1F. The van der Waals surface area contributed by atoms with E-state index in [4.69, 9.17) is 10.5 Å². The zero-order valence-electron chi connectivity index (χ0n) is 10.8. The molecule has 2 rings (SSSR count). The van der Waals surface area contributed by atoms with Gasteiger partial charge in [-0.2, -0.15) is 0 Å². The van der Waals surface area contributed by atoms with Crippen LogP contribution < -0.4 is 10.5 Å². The molecule has 0 spiro atoms. The zero-order valence-corrected chi connectivity index (χ0v) is 10.8. The standard InChI is InChI=1S/C12H11FN4O3/c1-6-11(17(18)19)10(16-12(14)15-6)7-3-4-9(20-2)8(13)5-7/h3-5H,1-2H3,(H2,14,15,16). The molecule has 1 aromatic heterocycles. The molecule has 0 aliphatic rings. The minimum absolute atomic E-state index is 0.0263. The second-order valence-corrected chi connectivity index (χ2v) is 3.97. The Kier molecular flexibility index (Phi) is 3.47. The van der Waals surface area contributed by atoms with Crippen molar-refractivity contribution in [1.29, 1.82) is 0 Å². The molecule has 0 unspecified atom stereocenters. The van der Waals surface area contributed by atoms with Gasteiger partial charge in [0.25, 0.3) is 0 Å². The fourth-order valence-electron chi connectivity index (χ4n) is 1.82. The summed E-state index contributed by atoms with van der Waals surface area (Å²) in [6.45, 7) is 1.44. The Hall–Kier alpha value is -2.77. The summed E-state index contributed by atoms with van der Waals surface area (Å²) in [5, 5.41) is 11.1. The Morgan fingerprint density at radius 1 is 1.40 bits per heavy atom. The maximum absolute atomic E-state index is 13.7. The van der Waals surface area contributed by atoms with E-state index < -0.39 is 10.7 Å². The fourth-order valence-corrected chi connectivity index (χ4v) is 1.82. The molecule has 0 amide bonds. The van der Waals surface area contributed by atoms with Crippen molar-refractivity contribution in [2.75, 3.05) is 12.8 Å². The first kappa shape index (κ1) is 13.7. The zero-order chi connectivity index (χ0) is 14.9. The second kappa shape index (κ2) is 5.08. The highest BCUT2D eigenvalue weighted by Crippen LogP contribution is 2.32. The van der Waals surface area contributed by atoms with Gasteiger partial charge in [-0.25, -0.2) is 14.4 Å². The first-order valence-electron chi connectivity index (χ1n) is 5.56. The Labute approximate surface area is 113 Å². The van der Waals surface area contributed by atoms with E-state index in [2.05, 4.69) is 9.97 Å². The van der Waals surface area contributed by atoms with E-state index in [9.17, 15) is 14.5 Å². The Morgan fingerprint density at radius 2 is 2.10 bits per heavy atom. The summed E-state index contributed by atoms with van der Waals surface area (Å²) >= 11 is 0. The maximum atomic E-state index is 13.7. The number of ether oxygens (including phenoxy) is 1. The Bertz CT molecular complexity index is 691. The highest BCUT2D eigenvalue weighted by molar-refractivity contribution is 5.72. The lowest BCUT2D eigenvalue weighted by Gasteiger charge is -2.07. The van der Waals surface area contributed by atoms with Crippen molar-refractivity contribution < 1.29 is 14.1 Å². The van der Waals surface area contributed by atoms with E-state index in [1.54, 1.807) is 0 Å². The number of hydrogen-bond donors (Lipinski definition) is 1. The number of nitrogens with two attached hydrogens (primary N) is 1. The third-order valence-corrected chi connectivity index (χ3v) is 2.68. The molecule has 8 heteroatoms. The quantitative estimate of drug-likeness (QED) is 0.681. The van der Waals surface area contributed by atoms with Crippen molar-refractivity contribution >= 4 is 11.6 Å². The summed E-state index contributed by atoms with van der Waals surface area (Å²) < 4.78 is 18.5. The van der Waals surface area contributed by atoms with Crippen LogP contribution in [-0.2, 0) is 0 Å². The lowest BCUT2D eigenvalue weighted by molar-refractivity contribution is -0.385. The monoisotopic (exact) mass is 278 g/mol. The molecule has 0 bridgehead atoms. The molecule has 0 aliphatic carbocycles. The van der Waals surface area contributed by atoms with Crippen LogP contribution in [0.25, 0.3) is 11.3 Å². The molecule has 0 saturated heterocycles. The molecule has 2 aromatic rings. The average molecular weight is 278 g/mol. The molecule has 0 radical (unpaired) electrons. The van der Waals surface area contributed by atoms with Crippen molar-refractivity contribution in [2.24, 2.45) is 0 Å². The number of aryl methyl sites for hydroxylation is 1. The third-order valence-electron chi connectivity index (χ3n) is 2.68. The van der Waals surface area contributed by atoms with Crippen molar-refractivity contribution in [3.8, 4) is 17.0 Å². The van der Waals surface area contributed by atoms with Crippen LogP contribution in [0.15, 0.2) is 18.2 Å². The van der Waals surface area contributed by atoms with Gasteiger partial charge < -0.3 is 10.5 Å². The van der Waals surface area contributed by atoms with Crippen LogP contribution in [0.4, 0.5) is 16.0 Å². The molecule has 0 aliphatic heterocycles.